The lowest BCUT2D eigenvalue weighted by Crippen LogP contribution is -2.53. The number of benzene rings is 1. The molecule has 3 heterocycles. The molecule has 0 aliphatic carbocycles. The number of amides is 3. The number of rotatable bonds is 12. The summed E-state index contributed by atoms with van der Waals surface area (Å²) < 4.78 is 6.73. The summed E-state index contributed by atoms with van der Waals surface area (Å²) in [6, 6.07) is 6.17. The van der Waals surface area contributed by atoms with Crippen LogP contribution in [0.25, 0.3) is 0 Å². The van der Waals surface area contributed by atoms with E-state index in [9.17, 15) is 14.4 Å². The normalized spacial score (nSPS) is 30.5. The fourth-order valence-corrected chi connectivity index (χ4v) is 6.71. The van der Waals surface area contributed by atoms with Crippen molar-refractivity contribution in [3.05, 3.63) is 29.3 Å². The first-order valence-electron chi connectivity index (χ1n) is 13.3. The zero-order valence-electron chi connectivity index (χ0n) is 21.2. The topological polar surface area (TPSA) is 108 Å². The molecule has 2 bridgehead atoms. The summed E-state index contributed by atoms with van der Waals surface area (Å²) in [5.41, 5.74) is -1.30. The van der Waals surface area contributed by atoms with Crippen LogP contribution in [0.5, 0.6) is 0 Å². The number of halogens is 1. The van der Waals surface area contributed by atoms with E-state index in [0.29, 0.717) is 55.9 Å². The van der Waals surface area contributed by atoms with Crippen LogP contribution in [0.15, 0.2) is 24.3 Å². The summed E-state index contributed by atoms with van der Waals surface area (Å²) in [7, 11) is 0. The SMILES string of the molecule is CCCNC(=O)[C@H]1[C@H]2C(=O)N(CCCCCCO)C(C(=O)Nc3ccccc3Cl)C23CC[C@]1(CC)O3. The molecule has 0 aromatic heterocycles. The number of carbonyl (C=O) groups excluding carboxylic acids is 3. The predicted octanol–water partition coefficient (Wildman–Crippen LogP) is 3.51. The van der Waals surface area contributed by atoms with Crippen molar-refractivity contribution >= 4 is 35.0 Å². The number of ether oxygens (including phenoxy) is 1. The minimum Gasteiger partial charge on any atom is -0.396 e. The fourth-order valence-electron chi connectivity index (χ4n) is 6.53. The zero-order valence-corrected chi connectivity index (χ0v) is 22.0. The summed E-state index contributed by atoms with van der Waals surface area (Å²) in [6.07, 6.45) is 5.68. The van der Waals surface area contributed by atoms with E-state index in [2.05, 4.69) is 10.6 Å². The lowest BCUT2D eigenvalue weighted by atomic mass is 9.65. The summed E-state index contributed by atoms with van der Waals surface area (Å²) in [6.45, 7) is 5.05. The highest BCUT2D eigenvalue weighted by molar-refractivity contribution is 6.33. The third-order valence-corrected chi connectivity index (χ3v) is 8.53. The van der Waals surface area contributed by atoms with Gasteiger partial charge >= 0.3 is 0 Å². The van der Waals surface area contributed by atoms with Gasteiger partial charge in [-0.1, -0.05) is 50.4 Å². The highest BCUT2D eigenvalue weighted by atomic mass is 35.5. The minimum atomic E-state index is -1.04. The Morgan fingerprint density at radius 3 is 2.58 bits per heavy atom. The number of unbranched alkanes of at least 4 members (excludes halogenated alkanes) is 3. The number of hydrogen-bond acceptors (Lipinski definition) is 5. The standard InChI is InChI=1S/C27H38ClN3O5/c1-3-15-29-23(33)20-21-25(35)31(16-9-5-6-10-17-32)22(27(21)14-13-26(20,4-2)36-27)24(34)30-19-12-8-7-11-18(19)28/h7-8,11-12,20-22,32H,3-6,9-10,13-17H2,1-2H3,(H,29,33)(H,30,34)/t20-,21+,22?,26+,27?/m1/s1. The lowest BCUT2D eigenvalue weighted by Gasteiger charge is -2.34. The molecule has 3 saturated heterocycles. The smallest absolute Gasteiger partial charge is 0.250 e. The van der Waals surface area contributed by atoms with Crippen LogP contribution in [0.1, 0.15) is 65.2 Å². The number of nitrogens with zero attached hydrogens (tertiary/aromatic N) is 1. The van der Waals surface area contributed by atoms with Crippen LogP contribution in [0.4, 0.5) is 5.69 Å². The van der Waals surface area contributed by atoms with E-state index in [1.54, 1.807) is 29.2 Å². The second kappa shape index (κ2) is 11.1. The van der Waals surface area contributed by atoms with E-state index in [1.807, 2.05) is 13.8 Å². The number of fused-ring (bicyclic) bond motifs is 1. The molecule has 1 spiro atoms. The first kappa shape index (κ1) is 26.9. The fraction of sp³-hybridized carbons (Fsp3) is 0.667. The van der Waals surface area contributed by atoms with E-state index in [0.717, 1.165) is 19.3 Å². The monoisotopic (exact) mass is 519 g/mol. The van der Waals surface area contributed by atoms with E-state index >= 15 is 0 Å². The first-order valence-corrected chi connectivity index (χ1v) is 13.7. The number of carbonyl (C=O) groups is 3. The number of anilines is 1. The summed E-state index contributed by atoms with van der Waals surface area (Å²) in [5.74, 6) is -1.99. The van der Waals surface area contributed by atoms with Crippen molar-refractivity contribution in [3.63, 3.8) is 0 Å². The third kappa shape index (κ3) is 4.52. The summed E-state index contributed by atoms with van der Waals surface area (Å²) in [4.78, 5) is 42.9. The van der Waals surface area contributed by atoms with Gasteiger partial charge in [-0.05, 0) is 50.7 Å². The first-order chi connectivity index (χ1) is 17.3. The van der Waals surface area contributed by atoms with Crippen LogP contribution in [-0.4, -0.2) is 64.7 Å². The molecule has 3 N–H and O–H groups in total. The Hall–Kier alpha value is -2.16. The second-order valence-electron chi connectivity index (χ2n) is 10.3. The summed E-state index contributed by atoms with van der Waals surface area (Å²) >= 11 is 6.32. The van der Waals surface area contributed by atoms with E-state index in [4.69, 9.17) is 21.4 Å². The number of para-hydroxylation sites is 1. The maximum absolute atomic E-state index is 14.0. The highest BCUT2D eigenvalue weighted by Gasteiger charge is 2.78. The number of likely N-dealkylation sites (tertiary alicyclic amines) is 1. The number of hydrogen-bond donors (Lipinski definition) is 3. The Labute approximate surface area is 218 Å². The van der Waals surface area contributed by atoms with E-state index in [-0.39, 0.29) is 24.3 Å². The van der Waals surface area contributed by atoms with Gasteiger partial charge in [-0.25, -0.2) is 0 Å². The largest absolute Gasteiger partial charge is 0.396 e. The Morgan fingerprint density at radius 2 is 1.89 bits per heavy atom. The van der Waals surface area contributed by atoms with Crippen LogP contribution in [-0.2, 0) is 19.1 Å². The molecular weight excluding hydrogens is 482 g/mol. The molecule has 3 amide bonds. The zero-order chi connectivity index (χ0) is 25.9. The average molecular weight is 520 g/mol. The number of aliphatic hydroxyl groups excluding tert-OH is 1. The Bertz CT molecular complexity index is 990. The number of aliphatic hydroxyl groups is 1. The molecule has 2 unspecified atom stereocenters. The van der Waals surface area contributed by atoms with Gasteiger partial charge in [0.25, 0.3) is 0 Å². The third-order valence-electron chi connectivity index (χ3n) is 8.20. The Balaban J connectivity index is 1.67. The molecule has 0 saturated carbocycles. The molecule has 198 valence electrons. The van der Waals surface area contributed by atoms with Crippen LogP contribution in [0.3, 0.4) is 0 Å². The van der Waals surface area contributed by atoms with Crippen LogP contribution < -0.4 is 10.6 Å². The van der Waals surface area contributed by atoms with Gasteiger partial charge in [-0.15, -0.1) is 0 Å². The van der Waals surface area contributed by atoms with Gasteiger partial charge in [-0.3, -0.25) is 14.4 Å². The maximum Gasteiger partial charge on any atom is 0.250 e. The molecule has 1 aromatic carbocycles. The predicted molar refractivity (Wildman–Crippen MR) is 137 cm³/mol. The van der Waals surface area contributed by atoms with Crippen molar-refractivity contribution in [2.24, 2.45) is 11.8 Å². The van der Waals surface area contributed by atoms with Crippen molar-refractivity contribution in [2.45, 2.75) is 82.5 Å². The molecule has 0 radical (unpaired) electrons. The average Bonchev–Trinajstić information content (AvgIpc) is 3.47. The molecule has 3 aliphatic rings. The molecular formula is C27H38ClN3O5. The van der Waals surface area contributed by atoms with Gasteiger partial charge in [0.15, 0.2) is 0 Å². The minimum absolute atomic E-state index is 0.137. The van der Waals surface area contributed by atoms with Crippen molar-refractivity contribution < 1.29 is 24.2 Å². The van der Waals surface area contributed by atoms with Gasteiger partial charge in [0.05, 0.1) is 28.1 Å². The van der Waals surface area contributed by atoms with Crippen molar-refractivity contribution in [3.8, 4) is 0 Å². The molecule has 9 heteroatoms. The lowest BCUT2D eigenvalue weighted by molar-refractivity contribution is -0.146. The van der Waals surface area contributed by atoms with Gasteiger partial charge in [0.2, 0.25) is 17.7 Å². The van der Waals surface area contributed by atoms with Gasteiger partial charge in [-0.2, -0.15) is 0 Å². The Morgan fingerprint density at radius 1 is 1.14 bits per heavy atom. The molecule has 3 fully saturated rings. The second-order valence-corrected chi connectivity index (χ2v) is 10.7. The summed E-state index contributed by atoms with van der Waals surface area (Å²) in [5, 5.41) is 15.4. The van der Waals surface area contributed by atoms with Crippen LogP contribution in [0.2, 0.25) is 5.02 Å². The number of nitrogens with one attached hydrogen (secondary N) is 2. The van der Waals surface area contributed by atoms with E-state index < -0.39 is 29.1 Å². The van der Waals surface area contributed by atoms with Crippen LogP contribution in [0, 0.1) is 11.8 Å². The van der Waals surface area contributed by atoms with Gasteiger partial charge in [0.1, 0.15) is 11.6 Å². The van der Waals surface area contributed by atoms with Crippen molar-refractivity contribution in [1.82, 2.24) is 10.2 Å². The van der Waals surface area contributed by atoms with Crippen molar-refractivity contribution in [2.75, 3.05) is 25.0 Å². The van der Waals surface area contributed by atoms with Crippen molar-refractivity contribution in [1.29, 1.82) is 0 Å². The molecule has 3 aliphatic heterocycles. The van der Waals surface area contributed by atoms with Gasteiger partial charge in [0, 0.05) is 19.7 Å². The molecule has 5 atom stereocenters. The molecule has 8 nitrogen and oxygen atoms in total. The van der Waals surface area contributed by atoms with E-state index in [1.165, 1.54) is 0 Å². The van der Waals surface area contributed by atoms with Crippen LogP contribution >= 0.6 is 11.6 Å². The Kier molecular flexibility index (Phi) is 8.27. The van der Waals surface area contributed by atoms with Gasteiger partial charge < -0.3 is 25.4 Å². The molecule has 1 aromatic rings. The quantitative estimate of drug-likeness (QED) is 0.366. The highest BCUT2D eigenvalue weighted by Crippen LogP contribution is 2.64. The molecule has 4 rings (SSSR count). The molecule has 36 heavy (non-hydrogen) atoms. The maximum atomic E-state index is 14.0.